The van der Waals surface area contributed by atoms with E-state index >= 15 is 0 Å². The first kappa shape index (κ1) is 20.4. The maximum atomic E-state index is 12.3. The molecule has 1 heterocycles. The van der Waals surface area contributed by atoms with Gasteiger partial charge in [-0.15, -0.1) is 0 Å². The Kier molecular flexibility index (Phi) is 6.51. The molecule has 2 aromatic carbocycles. The van der Waals surface area contributed by atoms with Crippen molar-refractivity contribution in [1.29, 1.82) is 0 Å². The van der Waals surface area contributed by atoms with Gasteiger partial charge in [0.05, 0.1) is 19.9 Å². The summed E-state index contributed by atoms with van der Waals surface area (Å²) in [5.41, 5.74) is 1.67. The van der Waals surface area contributed by atoms with Gasteiger partial charge >= 0.3 is 0 Å². The van der Waals surface area contributed by atoms with E-state index in [2.05, 4.69) is 10.4 Å². The van der Waals surface area contributed by atoms with Gasteiger partial charge in [-0.2, -0.15) is 5.10 Å². The van der Waals surface area contributed by atoms with Crippen LogP contribution in [0.3, 0.4) is 0 Å². The van der Waals surface area contributed by atoms with Crippen molar-refractivity contribution < 1.29 is 14.3 Å². The molecule has 7 nitrogen and oxygen atoms in total. The number of hydrogen-bond acceptors (Lipinski definition) is 5. The topological polar surface area (TPSA) is 82.5 Å². The van der Waals surface area contributed by atoms with Gasteiger partial charge < -0.3 is 14.8 Å². The molecule has 1 aromatic heterocycles. The van der Waals surface area contributed by atoms with Gasteiger partial charge in [0.2, 0.25) is 5.91 Å². The number of nitrogens with one attached hydrogen (secondary N) is 1. The summed E-state index contributed by atoms with van der Waals surface area (Å²) in [5, 5.41) is 7.72. The maximum Gasteiger partial charge on any atom is 0.267 e. The quantitative estimate of drug-likeness (QED) is 0.644. The second-order valence-corrected chi connectivity index (χ2v) is 6.62. The molecule has 8 heteroatoms. The Morgan fingerprint density at radius 3 is 2.52 bits per heavy atom. The van der Waals surface area contributed by atoms with Crippen molar-refractivity contribution in [2.45, 2.75) is 13.1 Å². The molecule has 1 N–H and O–H groups in total. The lowest BCUT2D eigenvalue weighted by Gasteiger charge is -2.12. The average molecular weight is 414 g/mol. The third-order valence-electron chi connectivity index (χ3n) is 4.25. The first-order chi connectivity index (χ1) is 14.0. The second kappa shape index (κ2) is 9.25. The fourth-order valence-corrected chi connectivity index (χ4v) is 2.84. The van der Waals surface area contributed by atoms with Crippen molar-refractivity contribution in [3.63, 3.8) is 0 Å². The number of carbonyl (C=O) groups is 1. The smallest absolute Gasteiger partial charge is 0.267 e. The minimum Gasteiger partial charge on any atom is -0.497 e. The average Bonchev–Trinajstić information content (AvgIpc) is 2.74. The van der Waals surface area contributed by atoms with E-state index in [9.17, 15) is 9.59 Å². The molecule has 0 atom stereocenters. The summed E-state index contributed by atoms with van der Waals surface area (Å²) >= 11 is 5.85. The summed E-state index contributed by atoms with van der Waals surface area (Å²) in [7, 11) is 3.11. The summed E-state index contributed by atoms with van der Waals surface area (Å²) in [6.07, 6.45) is 0. The van der Waals surface area contributed by atoms with Gasteiger partial charge in [0.15, 0.2) is 0 Å². The number of rotatable bonds is 7. The van der Waals surface area contributed by atoms with Gasteiger partial charge in [0, 0.05) is 23.2 Å². The second-order valence-electron chi connectivity index (χ2n) is 6.18. The number of hydrogen-bond donors (Lipinski definition) is 1. The van der Waals surface area contributed by atoms with Crippen LogP contribution in [0.5, 0.6) is 11.5 Å². The molecule has 0 unspecified atom stereocenters. The lowest BCUT2D eigenvalue weighted by atomic mass is 10.1. The molecule has 1 amide bonds. The minimum absolute atomic E-state index is 0.202. The summed E-state index contributed by atoms with van der Waals surface area (Å²) in [4.78, 5) is 24.5. The monoisotopic (exact) mass is 413 g/mol. The minimum atomic E-state index is -0.378. The maximum absolute atomic E-state index is 12.3. The van der Waals surface area contributed by atoms with Gasteiger partial charge in [-0.25, -0.2) is 4.68 Å². The first-order valence-corrected chi connectivity index (χ1v) is 9.19. The molecule has 0 spiro atoms. The van der Waals surface area contributed by atoms with E-state index < -0.39 is 0 Å². The Morgan fingerprint density at radius 2 is 1.83 bits per heavy atom. The molecule has 0 aliphatic rings. The number of carbonyl (C=O) groups excluding carboxylic acids is 1. The van der Waals surface area contributed by atoms with Gasteiger partial charge in [0.25, 0.3) is 5.56 Å². The molecule has 0 aliphatic carbocycles. The van der Waals surface area contributed by atoms with Crippen molar-refractivity contribution in [2.75, 3.05) is 14.2 Å². The van der Waals surface area contributed by atoms with Crippen LogP contribution < -0.4 is 20.3 Å². The summed E-state index contributed by atoms with van der Waals surface area (Å²) in [6, 6.07) is 15.4. The number of benzene rings is 2. The number of nitrogens with zero attached hydrogens (tertiary/aromatic N) is 2. The van der Waals surface area contributed by atoms with Crippen molar-refractivity contribution in [1.82, 2.24) is 15.1 Å². The van der Waals surface area contributed by atoms with E-state index in [1.165, 1.54) is 6.07 Å². The van der Waals surface area contributed by atoms with Crippen LogP contribution in [0.15, 0.2) is 59.4 Å². The van der Waals surface area contributed by atoms with Crippen LogP contribution in [-0.2, 0) is 17.9 Å². The molecule has 0 bridgehead atoms. The predicted molar refractivity (Wildman–Crippen MR) is 110 cm³/mol. The highest BCUT2D eigenvalue weighted by Crippen LogP contribution is 2.31. The Labute approximate surface area is 172 Å². The fraction of sp³-hybridized carbons (Fsp3) is 0.190. The number of aromatic nitrogens is 2. The normalized spacial score (nSPS) is 10.4. The van der Waals surface area contributed by atoms with Gasteiger partial charge in [-0.3, -0.25) is 9.59 Å². The lowest BCUT2D eigenvalue weighted by molar-refractivity contribution is -0.122. The first-order valence-electron chi connectivity index (χ1n) is 8.82. The molecule has 0 radical (unpaired) electrons. The fourth-order valence-electron chi connectivity index (χ4n) is 2.71. The predicted octanol–water partition coefficient (Wildman–Crippen LogP) is 2.90. The zero-order valence-electron chi connectivity index (χ0n) is 16.0. The SMILES string of the molecule is COc1ccc(OC)c(-c2ccc(=O)n(CC(=O)NCc3ccc(Cl)cc3)n2)c1. The van der Waals surface area contributed by atoms with E-state index in [0.29, 0.717) is 34.3 Å². The Bertz CT molecular complexity index is 1060. The van der Waals surface area contributed by atoms with Crippen LogP contribution in [0.2, 0.25) is 5.02 Å². The van der Waals surface area contributed by atoms with E-state index in [0.717, 1.165) is 10.2 Å². The third-order valence-corrected chi connectivity index (χ3v) is 4.50. The molecule has 150 valence electrons. The van der Waals surface area contributed by atoms with E-state index in [4.69, 9.17) is 21.1 Å². The molecule has 3 rings (SSSR count). The molecule has 0 saturated carbocycles. The number of amides is 1. The van der Waals surface area contributed by atoms with E-state index in [1.54, 1.807) is 50.6 Å². The molecule has 29 heavy (non-hydrogen) atoms. The highest BCUT2D eigenvalue weighted by atomic mass is 35.5. The highest BCUT2D eigenvalue weighted by molar-refractivity contribution is 6.30. The van der Waals surface area contributed by atoms with Crippen molar-refractivity contribution in [3.8, 4) is 22.8 Å². The lowest BCUT2D eigenvalue weighted by Crippen LogP contribution is -2.33. The molecule has 0 saturated heterocycles. The molecule has 0 aliphatic heterocycles. The molecular formula is C21H20ClN3O4. The van der Waals surface area contributed by atoms with Crippen molar-refractivity contribution in [3.05, 3.63) is 75.5 Å². The van der Waals surface area contributed by atoms with E-state index in [1.807, 2.05) is 12.1 Å². The summed E-state index contributed by atoms with van der Waals surface area (Å²) < 4.78 is 11.7. The van der Waals surface area contributed by atoms with Gasteiger partial charge in [-0.05, 0) is 42.0 Å². The van der Waals surface area contributed by atoms with Crippen LogP contribution >= 0.6 is 11.6 Å². The Morgan fingerprint density at radius 1 is 1.07 bits per heavy atom. The van der Waals surface area contributed by atoms with Crippen LogP contribution in [0.4, 0.5) is 0 Å². The van der Waals surface area contributed by atoms with E-state index in [-0.39, 0.29) is 18.0 Å². The van der Waals surface area contributed by atoms with Crippen LogP contribution in [0, 0.1) is 0 Å². The Hall–Kier alpha value is -3.32. The number of methoxy groups -OCH3 is 2. The summed E-state index contributed by atoms with van der Waals surface area (Å²) in [5.74, 6) is 0.876. The van der Waals surface area contributed by atoms with Crippen molar-refractivity contribution >= 4 is 17.5 Å². The highest BCUT2D eigenvalue weighted by Gasteiger charge is 2.12. The van der Waals surface area contributed by atoms with Gasteiger partial charge in [0.1, 0.15) is 18.0 Å². The molecule has 3 aromatic rings. The zero-order valence-corrected chi connectivity index (χ0v) is 16.8. The van der Waals surface area contributed by atoms with Crippen LogP contribution in [0.25, 0.3) is 11.3 Å². The summed E-state index contributed by atoms with van der Waals surface area (Å²) in [6.45, 7) is 0.126. The van der Waals surface area contributed by atoms with Gasteiger partial charge in [-0.1, -0.05) is 23.7 Å². The zero-order chi connectivity index (χ0) is 20.8. The number of ether oxygens (including phenoxy) is 2. The van der Waals surface area contributed by atoms with Crippen molar-refractivity contribution in [2.24, 2.45) is 0 Å². The molecule has 0 fully saturated rings. The molecular weight excluding hydrogens is 394 g/mol. The standard InChI is InChI=1S/C21H20ClN3O4/c1-28-16-7-9-19(29-2)17(11-16)18-8-10-21(27)25(24-18)13-20(26)23-12-14-3-5-15(22)6-4-14/h3-11H,12-13H2,1-2H3,(H,23,26). The third kappa shape index (κ3) is 5.14. The largest absolute Gasteiger partial charge is 0.497 e. The van der Waals surface area contributed by atoms with Crippen LogP contribution in [0.1, 0.15) is 5.56 Å². The number of halogens is 1. The van der Waals surface area contributed by atoms with Crippen LogP contribution in [-0.4, -0.2) is 29.9 Å². The Balaban J connectivity index is 1.78.